The molecular weight excluding hydrogens is 180 g/mol. The first kappa shape index (κ1) is 7.67. The lowest BCUT2D eigenvalue weighted by Gasteiger charge is -2.25. The van der Waals surface area contributed by atoms with E-state index >= 15 is 0 Å². The summed E-state index contributed by atoms with van der Waals surface area (Å²) < 4.78 is 5.47. The maximum absolute atomic E-state index is 11.6. The van der Waals surface area contributed by atoms with E-state index in [0.717, 1.165) is 17.0 Å². The summed E-state index contributed by atoms with van der Waals surface area (Å²) >= 11 is 0. The molecule has 72 valence electrons. The van der Waals surface area contributed by atoms with Gasteiger partial charge in [0, 0.05) is 11.3 Å². The highest BCUT2D eigenvalue weighted by Crippen LogP contribution is 2.42. The number of nitrogen functional groups attached to an aromatic ring is 1. The molecule has 4 heteroatoms. The van der Waals surface area contributed by atoms with Crippen molar-refractivity contribution in [2.24, 2.45) is 0 Å². The first-order valence-corrected chi connectivity index (χ1v) is 4.62. The van der Waals surface area contributed by atoms with Gasteiger partial charge in [-0.25, -0.2) is 0 Å². The molecule has 2 N–H and O–H groups in total. The normalized spacial score (nSPS) is 18.0. The van der Waals surface area contributed by atoms with E-state index in [2.05, 4.69) is 0 Å². The molecule has 0 unspecified atom stereocenters. The van der Waals surface area contributed by atoms with Crippen LogP contribution in [0.5, 0.6) is 5.75 Å². The Hall–Kier alpha value is -1.71. The summed E-state index contributed by atoms with van der Waals surface area (Å²) in [7, 11) is 0. The average Bonchev–Trinajstić information content (AvgIpc) is 2.53. The van der Waals surface area contributed by atoms with Crippen LogP contribution in [0.4, 0.5) is 11.4 Å². The highest BCUT2D eigenvalue weighted by Gasteiger charge is 2.34. The van der Waals surface area contributed by atoms with Gasteiger partial charge in [0.25, 0.3) is 0 Å². The second kappa shape index (κ2) is 2.41. The Bertz CT molecular complexity index is 428. The van der Waals surface area contributed by atoms with Crippen molar-refractivity contribution in [2.75, 3.05) is 23.8 Å². The van der Waals surface area contributed by atoms with Crippen LogP contribution >= 0.6 is 0 Å². The number of ether oxygens (including phenoxy) is 1. The standard InChI is InChI=1S/C10H10N2O2/c11-7-1-2-8-10-6(7)5-9(13)12(10)3-4-14-8/h1-2H,3-5,11H2. The van der Waals surface area contributed by atoms with Crippen LogP contribution in [0.2, 0.25) is 0 Å². The first-order valence-electron chi connectivity index (χ1n) is 4.62. The van der Waals surface area contributed by atoms with E-state index in [1.54, 1.807) is 11.0 Å². The molecule has 0 bridgehead atoms. The highest BCUT2D eigenvalue weighted by atomic mass is 16.5. The Balaban J connectivity index is 2.28. The number of amides is 1. The van der Waals surface area contributed by atoms with Crippen LogP contribution in [-0.4, -0.2) is 19.1 Å². The molecule has 0 atom stereocenters. The number of rotatable bonds is 0. The van der Waals surface area contributed by atoms with E-state index in [0.29, 0.717) is 25.3 Å². The van der Waals surface area contributed by atoms with E-state index in [1.807, 2.05) is 6.07 Å². The van der Waals surface area contributed by atoms with E-state index in [1.165, 1.54) is 0 Å². The molecule has 0 saturated carbocycles. The fraction of sp³-hybridized carbons (Fsp3) is 0.300. The topological polar surface area (TPSA) is 55.6 Å². The van der Waals surface area contributed by atoms with Crippen molar-refractivity contribution in [1.82, 2.24) is 0 Å². The van der Waals surface area contributed by atoms with Gasteiger partial charge in [-0.1, -0.05) is 0 Å². The van der Waals surface area contributed by atoms with Crippen molar-refractivity contribution in [2.45, 2.75) is 6.42 Å². The molecule has 0 fully saturated rings. The molecule has 3 rings (SSSR count). The minimum Gasteiger partial charge on any atom is -0.490 e. The quantitative estimate of drug-likeness (QED) is 0.608. The number of carbonyl (C=O) groups excluding carboxylic acids is 1. The summed E-state index contributed by atoms with van der Waals surface area (Å²) in [6, 6.07) is 3.63. The summed E-state index contributed by atoms with van der Waals surface area (Å²) in [6.45, 7) is 1.21. The largest absolute Gasteiger partial charge is 0.490 e. The number of benzene rings is 1. The second-order valence-corrected chi connectivity index (χ2v) is 3.55. The summed E-state index contributed by atoms with van der Waals surface area (Å²) in [4.78, 5) is 13.4. The minimum absolute atomic E-state index is 0.127. The van der Waals surface area contributed by atoms with Gasteiger partial charge in [0.1, 0.15) is 12.4 Å². The van der Waals surface area contributed by atoms with Crippen LogP contribution in [0.1, 0.15) is 5.56 Å². The Kier molecular flexibility index (Phi) is 1.32. The summed E-state index contributed by atoms with van der Waals surface area (Å²) in [5, 5.41) is 0. The third-order valence-electron chi connectivity index (χ3n) is 2.75. The van der Waals surface area contributed by atoms with Crippen LogP contribution in [0.25, 0.3) is 0 Å². The van der Waals surface area contributed by atoms with Crippen LogP contribution in [0, 0.1) is 0 Å². The Labute approximate surface area is 81.3 Å². The molecule has 2 aliphatic heterocycles. The van der Waals surface area contributed by atoms with Gasteiger partial charge in [-0.15, -0.1) is 0 Å². The molecule has 0 spiro atoms. The smallest absolute Gasteiger partial charge is 0.231 e. The predicted molar refractivity (Wildman–Crippen MR) is 52.4 cm³/mol. The van der Waals surface area contributed by atoms with Gasteiger partial charge in [0.2, 0.25) is 5.91 Å². The second-order valence-electron chi connectivity index (χ2n) is 3.55. The third kappa shape index (κ3) is 0.801. The number of nitrogens with two attached hydrogens (primary N) is 1. The number of hydrogen-bond donors (Lipinski definition) is 1. The number of carbonyl (C=O) groups is 1. The molecule has 1 aromatic rings. The fourth-order valence-corrected chi connectivity index (χ4v) is 2.08. The zero-order chi connectivity index (χ0) is 9.71. The number of anilines is 2. The molecular formula is C10H10N2O2. The van der Waals surface area contributed by atoms with Crippen LogP contribution in [0.3, 0.4) is 0 Å². The Morgan fingerprint density at radius 1 is 1.43 bits per heavy atom. The van der Waals surface area contributed by atoms with Crippen molar-refractivity contribution < 1.29 is 9.53 Å². The van der Waals surface area contributed by atoms with Crippen molar-refractivity contribution >= 4 is 17.3 Å². The molecule has 0 aliphatic carbocycles. The zero-order valence-electron chi connectivity index (χ0n) is 7.62. The minimum atomic E-state index is 0.127. The number of nitrogens with zero attached hydrogens (tertiary/aromatic N) is 1. The van der Waals surface area contributed by atoms with E-state index in [4.69, 9.17) is 10.5 Å². The van der Waals surface area contributed by atoms with Gasteiger partial charge in [-0.2, -0.15) is 0 Å². The van der Waals surface area contributed by atoms with Crippen LogP contribution in [0.15, 0.2) is 12.1 Å². The highest BCUT2D eigenvalue weighted by molar-refractivity contribution is 6.05. The maximum atomic E-state index is 11.6. The van der Waals surface area contributed by atoms with Crippen molar-refractivity contribution in [3.8, 4) is 5.75 Å². The van der Waals surface area contributed by atoms with Gasteiger partial charge in [0.15, 0.2) is 0 Å². The van der Waals surface area contributed by atoms with Crippen molar-refractivity contribution in [3.63, 3.8) is 0 Å². The molecule has 1 aromatic carbocycles. The van der Waals surface area contributed by atoms with E-state index in [-0.39, 0.29) is 5.91 Å². The molecule has 2 aliphatic rings. The molecule has 2 heterocycles. The van der Waals surface area contributed by atoms with E-state index in [9.17, 15) is 4.79 Å². The van der Waals surface area contributed by atoms with Gasteiger partial charge in [-0.05, 0) is 12.1 Å². The third-order valence-corrected chi connectivity index (χ3v) is 2.75. The van der Waals surface area contributed by atoms with E-state index < -0.39 is 0 Å². The number of hydrogen-bond acceptors (Lipinski definition) is 3. The van der Waals surface area contributed by atoms with Crippen molar-refractivity contribution in [1.29, 1.82) is 0 Å². The average molecular weight is 190 g/mol. The summed E-state index contributed by atoms with van der Waals surface area (Å²) in [5.41, 5.74) is 8.31. The fourth-order valence-electron chi connectivity index (χ4n) is 2.08. The summed E-state index contributed by atoms with van der Waals surface area (Å²) in [6.07, 6.45) is 0.415. The molecule has 0 aromatic heterocycles. The first-order chi connectivity index (χ1) is 6.77. The lowest BCUT2D eigenvalue weighted by molar-refractivity contribution is -0.117. The molecule has 1 amide bonds. The maximum Gasteiger partial charge on any atom is 0.231 e. The lowest BCUT2D eigenvalue weighted by Crippen LogP contribution is -2.34. The van der Waals surface area contributed by atoms with Crippen molar-refractivity contribution in [3.05, 3.63) is 17.7 Å². The molecule has 14 heavy (non-hydrogen) atoms. The summed E-state index contributed by atoms with van der Waals surface area (Å²) in [5.74, 6) is 0.911. The lowest BCUT2D eigenvalue weighted by atomic mass is 10.1. The van der Waals surface area contributed by atoms with Gasteiger partial charge >= 0.3 is 0 Å². The molecule has 4 nitrogen and oxygen atoms in total. The van der Waals surface area contributed by atoms with Gasteiger partial charge < -0.3 is 15.4 Å². The Morgan fingerprint density at radius 3 is 3.14 bits per heavy atom. The van der Waals surface area contributed by atoms with Gasteiger partial charge in [0.05, 0.1) is 18.7 Å². The molecule has 0 saturated heterocycles. The Morgan fingerprint density at radius 2 is 2.29 bits per heavy atom. The predicted octanol–water partition coefficient (Wildman–Crippen LogP) is 0.550. The van der Waals surface area contributed by atoms with Crippen LogP contribution in [-0.2, 0) is 11.2 Å². The zero-order valence-corrected chi connectivity index (χ0v) is 7.62. The van der Waals surface area contributed by atoms with Gasteiger partial charge in [-0.3, -0.25) is 4.79 Å². The van der Waals surface area contributed by atoms with Crippen LogP contribution < -0.4 is 15.4 Å². The monoisotopic (exact) mass is 190 g/mol. The SMILES string of the molecule is Nc1ccc2c3c1CC(=O)N3CCO2. The molecule has 0 radical (unpaired) electrons.